The molecule has 0 N–H and O–H groups in total. The van der Waals surface area contributed by atoms with Gasteiger partial charge >= 0.3 is 6.09 Å². The molecular weight excluding hydrogens is 332 g/mol. The standard InChI is InChI=1S/C16H23BrN2O2/c1-15(2,3)21-14(20)19-10-16(11-19)8-18(9-16)13-6-4-12(17)5-7-13/h4,6H,5,7-11H2,1-3H3. The molecule has 0 unspecified atom stereocenters. The number of carbonyl (C=O) groups excluding carboxylic acids is 1. The molecule has 1 spiro atoms. The molecule has 0 saturated carbocycles. The lowest BCUT2D eigenvalue weighted by Crippen LogP contribution is -2.72. The Labute approximate surface area is 134 Å². The minimum absolute atomic E-state index is 0.171. The van der Waals surface area contributed by atoms with E-state index in [9.17, 15) is 4.79 Å². The maximum Gasteiger partial charge on any atom is 0.410 e. The van der Waals surface area contributed by atoms with Gasteiger partial charge in [0, 0.05) is 37.3 Å². The fourth-order valence-corrected chi connectivity index (χ4v) is 3.58. The van der Waals surface area contributed by atoms with Crippen LogP contribution in [-0.4, -0.2) is 47.7 Å². The van der Waals surface area contributed by atoms with Gasteiger partial charge in [0.15, 0.2) is 0 Å². The van der Waals surface area contributed by atoms with Crippen molar-refractivity contribution < 1.29 is 9.53 Å². The fraction of sp³-hybridized carbons (Fsp3) is 0.688. The smallest absolute Gasteiger partial charge is 0.410 e. The molecule has 0 aromatic heterocycles. The van der Waals surface area contributed by atoms with E-state index in [1.165, 1.54) is 10.2 Å². The number of hydrogen-bond acceptors (Lipinski definition) is 3. The first kappa shape index (κ1) is 14.9. The highest BCUT2D eigenvalue weighted by Gasteiger charge is 2.54. The normalized spacial score (nSPS) is 24.0. The van der Waals surface area contributed by atoms with E-state index in [1.54, 1.807) is 0 Å². The van der Waals surface area contributed by atoms with Crippen molar-refractivity contribution in [3.8, 4) is 0 Å². The van der Waals surface area contributed by atoms with Crippen molar-refractivity contribution in [2.24, 2.45) is 5.41 Å². The van der Waals surface area contributed by atoms with Crippen LogP contribution in [0.1, 0.15) is 33.6 Å². The van der Waals surface area contributed by atoms with Crippen LogP contribution < -0.4 is 0 Å². The molecule has 5 heteroatoms. The predicted octanol–water partition coefficient (Wildman–Crippen LogP) is 3.50. The Kier molecular flexibility index (Phi) is 3.59. The van der Waals surface area contributed by atoms with Crippen molar-refractivity contribution in [3.05, 3.63) is 22.3 Å². The van der Waals surface area contributed by atoms with Crippen molar-refractivity contribution >= 4 is 22.0 Å². The minimum Gasteiger partial charge on any atom is -0.444 e. The number of rotatable bonds is 1. The predicted molar refractivity (Wildman–Crippen MR) is 86.1 cm³/mol. The average molecular weight is 355 g/mol. The summed E-state index contributed by atoms with van der Waals surface area (Å²) in [5, 5.41) is 0. The quantitative estimate of drug-likeness (QED) is 0.722. The van der Waals surface area contributed by atoms with Crippen LogP contribution >= 0.6 is 15.9 Å². The largest absolute Gasteiger partial charge is 0.444 e. The minimum atomic E-state index is -0.405. The summed E-state index contributed by atoms with van der Waals surface area (Å²) in [5.41, 5.74) is 1.34. The summed E-state index contributed by atoms with van der Waals surface area (Å²) in [6.45, 7) is 9.55. The number of halogens is 1. The zero-order valence-corrected chi connectivity index (χ0v) is 14.6. The second-order valence-corrected chi connectivity index (χ2v) is 8.48. The van der Waals surface area contributed by atoms with E-state index >= 15 is 0 Å². The summed E-state index contributed by atoms with van der Waals surface area (Å²) in [6.07, 6.45) is 6.40. The molecule has 2 aliphatic heterocycles. The maximum absolute atomic E-state index is 12.0. The van der Waals surface area contributed by atoms with Gasteiger partial charge in [0.1, 0.15) is 5.60 Å². The molecule has 3 rings (SSSR count). The summed E-state index contributed by atoms with van der Waals surface area (Å²) >= 11 is 3.54. The molecule has 0 aromatic carbocycles. The van der Waals surface area contributed by atoms with E-state index in [2.05, 4.69) is 33.0 Å². The Morgan fingerprint density at radius 2 is 1.86 bits per heavy atom. The molecule has 0 atom stereocenters. The zero-order valence-electron chi connectivity index (χ0n) is 13.0. The van der Waals surface area contributed by atoms with E-state index in [0.29, 0.717) is 5.41 Å². The second-order valence-electron chi connectivity index (χ2n) is 7.46. The highest BCUT2D eigenvalue weighted by molar-refractivity contribution is 9.11. The Bertz CT molecular complexity index is 505. The van der Waals surface area contributed by atoms with Gasteiger partial charge < -0.3 is 14.5 Å². The lowest BCUT2D eigenvalue weighted by molar-refractivity contribution is -0.101. The molecule has 1 amide bonds. The zero-order chi connectivity index (χ0) is 15.3. The van der Waals surface area contributed by atoms with Crippen LogP contribution in [0.25, 0.3) is 0 Å². The van der Waals surface area contributed by atoms with Crippen molar-refractivity contribution in [2.45, 2.75) is 39.2 Å². The third-order valence-corrected chi connectivity index (χ3v) is 4.90. The molecular formula is C16H23BrN2O2. The van der Waals surface area contributed by atoms with Crippen molar-refractivity contribution in [3.63, 3.8) is 0 Å². The van der Waals surface area contributed by atoms with Gasteiger partial charge in [0.25, 0.3) is 0 Å². The summed E-state index contributed by atoms with van der Waals surface area (Å²) in [7, 11) is 0. The molecule has 116 valence electrons. The SMILES string of the molecule is CC(C)(C)OC(=O)N1CC2(C1)CN(C1=CC=C(Br)CC1)C2. The van der Waals surface area contributed by atoms with Crippen LogP contribution in [0.5, 0.6) is 0 Å². The lowest BCUT2D eigenvalue weighted by atomic mass is 9.72. The Balaban J connectivity index is 1.47. The summed E-state index contributed by atoms with van der Waals surface area (Å²) in [6, 6.07) is 0. The van der Waals surface area contributed by atoms with E-state index < -0.39 is 5.60 Å². The lowest BCUT2D eigenvalue weighted by Gasteiger charge is -2.61. The Morgan fingerprint density at radius 3 is 2.38 bits per heavy atom. The van der Waals surface area contributed by atoms with Crippen LogP contribution in [-0.2, 0) is 4.74 Å². The number of amides is 1. The molecule has 1 aliphatic carbocycles. The van der Waals surface area contributed by atoms with Gasteiger partial charge in [-0.1, -0.05) is 22.0 Å². The van der Waals surface area contributed by atoms with E-state index in [0.717, 1.165) is 39.0 Å². The maximum atomic E-state index is 12.0. The van der Waals surface area contributed by atoms with Crippen LogP contribution in [0.4, 0.5) is 4.79 Å². The second kappa shape index (κ2) is 5.04. The van der Waals surface area contributed by atoms with Gasteiger partial charge in [0.2, 0.25) is 0 Å². The molecule has 2 heterocycles. The molecule has 0 radical (unpaired) electrons. The van der Waals surface area contributed by atoms with Crippen molar-refractivity contribution in [1.82, 2.24) is 9.80 Å². The first-order valence-corrected chi connectivity index (χ1v) is 8.34. The Hall–Kier alpha value is -0.970. The average Bonchev–Trinajstić information content (AvgIpc) is 2.25. The van der Waals surface area contributed by atoms with Gasteiger partial charge in [-0.05, 0) is 44.2 Å². The van der Waals surface area contributed by atoms with Gasteiger partial charge in [-0.15, -0.1) is 0 Å². The summed E-state index contributed by atoms with van der Waals surface area (Å²) in [4.78, 5) is 16.2. The molecule has 4 nitrogen and oxygen atoms in total. The fourth-order valence-electron chi connectivity index (χ4n) is 3.25. The van der Waals surface area contributed by atoms with Gasteiger partial charge in [-0.3, -0.25) is 0 Å². The number of carbonyl (C=O) groups is 1. The molecule has 3 aliphatic rings. The molecule has 0 aromatic rings. The summed E-state index contributed by atoms with van der Waals surface area (Å²) in [5.74, 6) is 0. The van der Waals surface area contributed by atoms with Gasteiger partial charge in [0.05, 0.1) is 0 Å². The monoisotopic (exact) mass is 354 g/mol. The van der Waals surface area contributed by atoms with Crippen LogP contribution in [0.15, 0.2) is 22.3 Å². The third-order valence-electron chi connectivity index (χ3n) is 4.24. The van der Waals surface area contributed by atoms with E-state index in [-0.39, 0.29) is 6.09 Å². The van der Waals surface area contributed by atoms with Gasteiger partial charge in [-0.25, -0.2) is 4.79 Å². The van der Waals surface area contributed by atoms with Crippen molar-refractivity contribution in [2.75, 3.05) is 26.2 Å². The first-order chi connectivity index (χ1) is 9.76. The van der Waals surface area contributed by atoms with E-state index in [4.69, 9.17) is 4.74 Å². The van der Waals surface area contributed by atoms with Crippen LogP contribution in [0.3, 0.4) is 0 Å². The molecule has 2 saturated heterocycles. The van der Waals surface area contributed by atoms with Crippen molar-refractivity contribution in [1.29, 1.82) is 0 Å². The van der Waals surface area contributed by atoms with Gasteiger partial charge in [-0.2, -0.15) is 0 Å². The Morgan fingerprint density at radius 1 is 1.19 bits per heavy atom. The third kappa shape index (κ3) is 3.12. The molecule has 2 fully saturated rings. The molecule has 0 bridgehead atoms. The first-order valence-electron chi connectivity index (χ1n) is 7.55. The number of nitrogens with zero attached hydrogens (tertiary/aromatic N) is 2. The van der Waals surface area contributed by atoms with Crippen LogP contribution in [0.2, 0.25) is 0 Å². The summed E-state index contributed by atoms with van der Waals surface area (Å²) < 4.78 is 6.69. The topological polar surface area (TPSA) is 32.8 Å². The number of allylic oxidation sites excluding steroid dienone is 4. The number of hydrogen-bond donors (Lipinski definition) is 0. The van der Waals surface area contributed by atoms with Crippen LogP contribution in [0, 0.1) is 5.41 Å². The highest BCUT2D eigenvalue weighted by atomic mass is 79.9. The molecule has 21 heavy (non-hydrogen) atoms. The number of ether oxygens (including phenoxy) is 1. The number of likely N-dealkylation sites (tertiary alicyclic amines) is 2. The highest BCUT2D eigenvalue weighted by Crippen LogP contribution is 2.43. The van der Waals surface area contributed by atoms with E-state index in [1.807, 2.05) is 25.7 Å².